The molecule has 0 atom stereocenters. The second kappa shape index (κ2) is 3.33. The number of aliphatic carboxylic acids is 1. The van der Waals surface area contributed by atoms with Gasteiger partial charge in [-0.1, -0.05) is 0 Å². The first-order valence-electron chi connectivity index (χ1n) is 1.98. The van der Waals surface area contributed by atoms with Crippen LogP contribution in [0, 0.1) is 5.41 Å². The number of hydrogen-bond donors (Lipinski definition) is 2. The fraction of sp³-hybridized carbons (Fsp3) is 0.500. The highest BCUT2D eigenvalue weighted by atomic mass is 16.4. The first-order valence-corrected chi connectivity index (χ1v) is 1.98. The Morgan fingerprint density at radius 1 is 1.86 bits per heavy atom. The fourth-order valence-corrected chi connectivity index (χ4v) is 0.196. The van der Waals surface area contributed by atoms with E-state index in [1.807, 2.05) is 0 Å². The third kappa shape index (κ3) is 5.14. The van der Waals surface area contributed by atoms with Gasteiger partial charge in [-0.2, -0.15) is 0 Å². The molecular formula is C4H7NO2. The normalized spacial score (nSPS) is 8.00. The SMILES string of the molecule is N=CCCC(=O)O. The van der Waals surface area contributed by atoms with Crippen LogP contribution in [0.5, 0.6) is 0 Å². The van der Waals surface area contributed by atoms with E-state index in [0.29, 0.717) is 6.42 Å². The predicted molar refractivity (Wildman–Crippen MR) is 25.7 cm³/mol. The van der Waals surface area contributed by atoms with Crippen LogP contribution in [0.1, 0.15) is 12.8 Å². The molecule has 0 fully saturated rings. The second-order valence-corrected chi connectivity index (χ2v) is 1.14. The van der Waals surface area contributed by atoms with Gasteiger partial charge in [0.15, 0.2) is 0 Å². The van der Waals surface area contributed by atoms with Crippen molar-refractivity contribution in [3.63, 3.8) is 0 Å². The van der Waals surface area contributed by atoms with Gasteiger partial charge in [0.05, 0.1) is 6.42 Å². The summed E-state index contributed by atoms with van der Waals surface area (Å²) in [5.41, 5.74) is 0. The van der Waals surface area contributed by atoms with Crippen molar-refractivity contribution in [2.45, 2.75) is 12.8 Å². The maximum absolute atomic E-state index is 9.65. The largest absolute Gasteiger partial charge is 0.481 e. The zero-order valence-corrected chi connectivity index (χ0v) is 3.85. The van der Waals surface area contributed by atoms with Crippen molar-refractivity contribution < 1.29 is 9.90 Å². The molecule has 3 nitrogen and oxygen atoms in total. The lowest BCUT2D eigenvalue weighted by molar-refractivity contribution is -0.136. The van der Waals surface area contributed by atoms with Crippen molar-refractivity contribution in [3.8, 4) is 0 Å². The third-order valence-electron chi connectivity index (χ3n) is 0.503. The van der Waals surface area contributed by atoms with E-state index in [4.69, 9.17) is 10.5 Å². The number of rotatable bonds is 3. The van der Waals surface area contributed by atoms with Gasteiger partial charge in [0.2, 0.25) is 0 Å². The molecule has 0 aliphatic rings. The average Bonchev–Trinajstić information content (AvgIpc) is 1.61. The van der Waals surface area contributed by atoms with E-state index in [9.17, 15) is 4.79 Å². The minimum atomic E-state index is -0.844. The van der Waals surface area contributed by atoms with Crippen molar-refractivity contribution in [2.24, 2.45) is 0 Å². The van der Waals surface area contributed by atoms with Crippen molar-refractivity contribution in [1.82, 2.24) is 0 Å². The number of hydrogen-bond acceptors (Lipinski definition) is 2. The Bertz CT molecular complexity index is 79.8. The lowest BCUT2D eigenvalue weighted by atomic mass is 10.3. The molecule has 3 heteroatoms. The molecule has 0 aromatic carbocycles. The molecule has 0 spiro atoms. The number of nitrogens with one attached hydrogen (secondary N) is 1. The van der Waals surface area contributed by atoms with Crippen LogP contribution in [0.4, 0.5) is 0 Å². The molecule has 40 valence electrons. The average molecular weight is 101 g/mol. The molecule has 0 bridgehead atoms. The molecule has 0 aromatic rings. The van der Waals surface area contributed by atoms with Crippen molar-refractivity contribution >= 4 is 12.2 Å². The summed E-state index contributed by atoms with van der Waals surface area (Å²) in [6.07, 6.45) is 1.51. The molecule has 0 unspecified atom stereocenters. The maximum atomic E-state index is 9.65. The highest BCUT2D eigenvalue weighted by Gasteiger charge is 1.89. The third-order valence-corrected chi connectivity index (χ3v) is 0.503. The molecule has 0 aliphatic carbocycles. The summed E-state index contributed by atoms with van der Waals surface area (Å²) in [7, 11) is 0. The number of carboxylic acids is 1. The van der Waals surface area contributed by atoms with Crippen molar-refractivity contribution in [1.29, 1.82) is 5.41 Å². The standard InChI is InChI=1S/C4H7NO2/c5-3-1-2-4(6)7/h3,5H,1-2H2,(H,6,7). The van der Waals surface area contributed by atoms with Crippen molar-refractivity contribution in [3.05, 3.63) is 0 Å². The van der Waals surface area contributed by atoms with E-state index in [1.54, 1.807) is 0 Å². The summed E-state index contributed by atoms with van der Waals surface area (Å²) in [6.45, 7) is 0. The van der Waals surface area contributed by atoms with Gasteiger partial charge in [-0.05, 0) is 12.6 Å². The van der Waals surface area contributed by atoms with Crippen LogP contribution in [0.25, 0.3) is 0 Å². The zero-order valence-electron chi connectivity index (χ0n) is 3.85. The summed E-state index contributed by atoms with van der Waals surface area (Å²) in [4.78, 5) is 9.65. The van der Waals surface area contributed by atoms with Gasteiger partial charge in [-0.3, -0.25) is 4.79 Å². The van der Waals surface area contributed by atoms with Gasteiger partial charge in [0.25, 0.3) is 0 Å². The molecule has 0 aromatic heterocycles. The number of carboxylic acid groups (broad SMARTS) is 1. The van der Waals surface area contributed by atoms with Gasteiger partial charge >= 0.3 is 5.97 Å². The monoisotopic (exact) mass is 101 g/mol. The molecule has 0 radical (unpaired) electrons. The summed E-state index contributed by atoms with van der Waals surface area (Å²) < 4.78 is 0. The van der Waals surface area contributed by atoms with Gasteiger partial charge in [0.1, 0.15) is 0 Å². The van der Waals surface area contributed by atoms with E-state index >= 15 is 0 Å². The first kappa shape index (κ1) is 6.14. The van der Waals surface area contributed by atoms with E-state index in [0.717, 1.165) is 6.21 Å². The van der Waals surface area contributed by atoms with Crippen LogP contribution in [-0.4, -0.2) is 17.3 Å². The van der Waals surface area contributed by atoms with Crippen LogP contribution < -0.4 is 0 Å². The van der Waals surface area contributed by atoms with Crippen LogP contribution >= 0.6 is 0 Å². The second-order valence-electron chi connectivity index (χ2n) is 1.14. The lowest BCUT2D eigenvalue weighted by Gasteiger charge is -1.81. The van der Waals surface area contributed by atoms with Crippen LogP contribution in [0.15, 0.2) is 0 Å². The number of carbonyl (C=O) groups is 1. The quantitative estimate of drug-likeness (QED) is 0.508. The van der Waals surface area contributed by atoms with Crippen LogP contribution in [0.3, 0.4) is 0 Å². The Kier molecular flexibility index (Phi) is 2.92. The topological polar surface area (TPSA) is 61.2 Å². The molecule has 0 aliphatic heterocycles. The Morgan fingerprint density at radius 2 is 2.43 bits per heavy atom. The molecule has 0 saturated carbocycles. The van der Waals surface area contributed by atoms with E-state index in [-0.39, 0.29) is 6.42 Å². The fourth-order valence-electron chi connectivity index (χ4n) is 0.196. The Labute approximate surface area is 41.5 Å². The summed E-state index contributed by atoms with van der Waals surface area (Å²) in [5.74, 6) is -0.844. The highest BCUT2D eigenvalue weighted by molar-refractivity contribution is 5.70. The molecule has 0 amide bonds. The first-order chi connectivity index (χ1) is 3.27. The molecule has 2 N–H and O–H groups in total. The molecular weight excluding hydrogens is 94.0 g/mol. The van der Waals surface area contributed by atoms with E-state index in [1.165, 1.54) is 0 Å². The molecule has 0 saturated heterocycles. The molecule has 0 rings (SSSR count). The summed E-state index contributed by atoms with van der Waals surface area (Å²) in [5, 5.41) is 14.3. The smallest absolute Gasteiger partial charge is 0.303 e. The van der Waals surface area contributed by atoms with Crippen LogP contribution in [0.2, 0.25) is 0 Å². The van der Waals surface area contributed by atoms with Crippen molar-refractivity contribution in [2.75, 3.05) is 0 Å². The molecule has 7 heavy (non-hydrogen) atoms. The van der Waals surface area contributed by atoms with Gasteiger partial charge < -0.3 is 10.5 Å². The Morgan fingerprint density at radius 3 is 2.57 bits per heavy atom. The van der Waals surface area contributed by atoms with E-state index < -0.39 is 5.97 Å². The minimum Gasteiger partial charge on any atom is -0.481 e. The lowest BCUT2D eigenvalue weighted by Crippen LogP contribution is -1.92. The minimum absolute atomic E-state index is 0.0729. The maximum Gasteiger partial charge on any atom is 0.303 e. The van der Waals surface area contributed by atoms with Gasteiger partial charge in [0, 0.05) is 0 Å². The molecule has 0 heterocycles. The highest BCUT2D eigenvalue weighted by Crippen LogP contribution is 1.80. The predicted octanol–water partition coefficient (Wildman–Crippen LogP) is 0.501. The van der Waals surface area contributed by atoms with Gasteiger partial charge in [-0.15, -0.1) is 0 Å². The Balaban J connectivity index is 2.97. The van der Waals surface area contributed by atoms with Gasteiger partial charge in [-0.25, -0.2) is 0 Å². The summed E-state index contributed by atoms with van der Waals surface area (Å²) >= 11 is 0. The zero-order chi connectivity index (χ0) is 5.70. The van der Waals surface area contributed by atoms with Crippen LogP contribution in [-0.2, 0) is 4.79 Å². The van der Waals surface area contributed by atoms with E-state index in [2.05, 4.69) is 0 Å². The Hall–Kier alpha value is -0.860. The summed E-state index contributed by atoms with van der Waals surface area (Å²) in [6, 6.07) is 0.